The maximum atomic E-state index is 13.6. The average molecular weight is 384 g/mol. The summed E-state index contributed by atoms with van der Waals surface area (Å²) in [5, 5.41) is 9.56. The summed E-state index contributed by atoms with van der Waals surface area (Å²) in [5.74, 6) is -0.879. The normalized spacial score (nSPS) is 20.5. The van der Waals surface area contributed by atoms with Crippen LogP contribution in [0.25, 0.3) is 0 Å². The molecule has 0 aliphatic carbocycles. The average Bonchev–Trinajstić information content (AvgIpc) is 3.04. The predicted octanol–water partition coefficient (Wildman–Crippen LogP) is 4.21. The van der Waals surface area contributed by atoms with E-state index in [0.29, 0.717) is 12.0 Å². The molecule has 1 aromatic heterocycles. The summed E-state index contributed by atoms with van der Waals surface area (Å²) < 4.78 is 54.7. The van der Waals surface area contributed by atoms with Crippen LogP contribution in [0.3, 0.4) is 0 Å². The zero-order chi connectivity index (χ0) is 19.8. The van der Waals surface area contributed by atoms with E-state index in [9.17, 15) is 22.4 Å². The third-order valence-corrected chi connectivity index (χ3v) is 4.68. The van der Waals surface area contributed by atoms with E-state index >= 15 is 0 Å². The van der Waals surface area contributed by atoms with Crippen molar-refractivity contribution < 1.29 is 22.4 Å². The molecule has 146 valence electrons. The molecule has 0 saturated carbocycles. The van der Waals surface area contributed by atoms with Gasteiger partial charge in [-0.2, -0.15) is 18.3 Å². The number of anilines is 1. The molecule has 0 saturated heterocycles. The third kappa shape index (κ3) is 4.06. The summed E-state index contributed by atoms with van der Waals surface area (Å²) in [6, 6.07) is 3.95. The molecule has 5 nitrogen and oxygen atoms in total. The summed E-state index contributed by atoms with van der Waals surface area (Å²) in [4.78, 5) is 12.2. The molecule has 0 spiro atoms. The number of hydrogen-bond acceptors (Lipinski definition) is 3. The van der Waals surface area contributed by atoms with Gasteiger partial charge in [0.15, 0.2) is 11.7 Å². The van der Waals surface area contributed by atoms with Crippen molar-refractivity contribution in [2.75, 3.05) is 5.32 Å². The first-order valence-electron chi connectivity index (χ1n) is 8.68. The van der Waals surface area contributed by atoms with Crippen molar-refractivity contribution in [3.63, 3.8) is 0 Å². The number of benzene rings is 1. The maximum Gasteiger partial charge on any atom is 0.410 e. The molecule has 2 aromatic rings. The molecule has 2 heterocycles. The molecule has 0 radical (unpaired) electrons. The van der Waals surface area contributed by atoms with Gasteiger partial charge in [0.1, 0.15) is 11.6 Å². The fourth-order valence-electron chi connectivity index (χ4n) is 3.00. The van der Waals surface area contributed by atoms with Gasteiger partial charge in [0.2, 0.25) is 0 Å². The zero-order valence-corrected chi connectivity index (χ0v) is 14.8. The van der Waals surface area contributed by atoms with Crippen LogP contribution >= 0.6 is 0 Å². The van der Waals surface area contributed by atoms with Crippen LogP contribution in [0.15, 0.2) is 30.3 Å². The van der Waals surface area contributed by atoms with Gasteiger partial charge >= 0.3 is 6.18 Å². The molecule has 1 amide bonds. The smallest absolute Gasteiger partial charge is 0.363 e. The van der Waals surface area contributed by atoms with Crippen LogP contribution in [0.1, 0.15) is 54.8 Å². The maximum absolute atomic E-state index is 13.6. The molecular formula is C18H20F4N4O. The van der Waals surface area contributed by atoms with E-state index in [1.807, 2.05) is 6.92 Å². The van der Waals surface area contributed by atoms with E-state index in [4.69, 9.17) is 0 Å². The summed E-state index contributed by atoms with van der Waals surface area (Å²) in [5.41, 5.74) is 0.454. The Labute approximate surface area is 153 Å². The number of aromatic nitrogens is 2. The molecule has 1 aromatic carbocycles. The van der Waals surface area contributed by atoms with Gasteiger partial charge in [-0.1, -0.05) is 19.1 Å². The van der Waals surface area contributed by atoms with Crippen molar-refractivity contribution in [3.8, 4) is 0 Å². The number of rotatable bonds is 4. The first-order chi connectivity index (χ1) is 12.7. The first-order valence-corrected chi connectivity index (χ1v) is 8.68. The fourth-order valence-corrected chi connectivity index (χ4v) is 3.00. The van der Waals surface area contributed by atoms with Gasteiger partial charge < -0.3 is 10.6 Å². The molecule has 27 heavy (non-hydrogen) atoms. The van der Waals surface area contributed by atoms with E-state index in [2.05, 4.69) is 15.7 Å². The minimum absolute atomic E-state index is 0.0770. The quantitative estimate of drug-likeness (QED) is 0.777. The lowest BCUT2D eigenvalue weighted by molar-refractivity contribution is -0.173. The predicted molar refractivity (Wildman–Crippen MR) is 91.9 cm³/mol. The largest absolute Gasteiger partial charge is 0.410 e. The van der Waals surface area contributed by atoms with E-state index in [0.717, 1.165) is 4.68 Å². The number of alkyl halides is 3. The van der Waals surface area contributed by atoms with Gasteiger partial charge in [-0.25, -0.2) is 9.07 Å². The Balaban J connectivity index is 1.93. The molecule has 1 aliphatic heterocycles. The number of hydrogen-bond donors (Lipinski definition) is 2. The van der Waals surface area contributed by atoms with Crippen LogP contribution in [0.4, 0.5) is 23.4 Å². The number of carbonyl (C=O) groups excluding carboxylic acids is 1. The Morgan fingerprint density at radius 2 is 2.04 bits per heavy atom. The topological polar surface area (TPSA) is 59.0 Å². The highest BCUT2D eigenvalue weighted by molar-refractivity contribution is 5.93. The van der Waals surface area contributed by atoms with Crippen molar-refractivity contribution in [1.82, 2.24) is 15.1 Å². The van der Waals surface area contributed by atoms with Crippen LogP contribution in [-0.4, -0.2) is 27.9 Å². The minimum Gasteiger partial charge on any atom is -0.363 e. The minimum atomic E-state index is -4.54. The van der Waals surface area contributed by atoms with Crippen LogP contribution in [0.5, 0.6) is 0 Å². The van der Waals surface area contributed by atoms with Gasteiger partial charge in [0.25, 0.3) is 5.91 Å². The number of amides is 1. The van der Waals surface area contributed by atoms with E-state index in [-0.39, 0.29) is 24.0 Å². The lowest BCUT2D eigenvalue weighted by Crippen LogP contribution is -2.36. The van der Waals surface area contributed by atoms with Gasteiger partial charge in [0.05, 0.1) is 6.04 Å². The molecule has 3 atom stereocenters. The van der Waals surface area contributed by atoms with Crippen LogP contribution in [-0.2, 0) is 0 Å². The number of fused-ring (bicyclic) bond motifs is 1. The van der Waals surface area contributed by atoms with Crippen molar-refractivity contribution >= 4 is 11.7 Å². The second kappa shape index (κ2) is 7.21. The molecule has 0 unspecified atom stereocenters. The third-order valence-electron chi connectivity index (χ3n) is 4.68. The van der Waals surface area contributed by atoms with E-state index in [1.165, 1.54) is 30.3 Å². The van der Waals surface area contributed by atoms with Gasteiger partial charge in [-0.3, -0.25) is 4.79 Å². The Kier molecular flexibility index (Phi) is 5.12. The highest BCUT2D eigenvalue weighted by atomic mass is 19.4. The monoisotopic (exact) mass is 384 g/mol. The molecule has 3 rings (SSSR count). The van der Waals surface area contributed by atoms with Gasteiger partial charge in [-0.05, 0) is 31.0 Å². The van der Waals surface area contributed by atoms with Crippen LogP contribution in [0, 0.1) is 5.82 Å². The van der Waals surface area contributed by atoms with Gasteiger partial charge in [-0.15, -0.1) is 0 Å². The summed E-state index contributed by atoms with van der Waals surface area (Å²) in [6.07, 6.45) is -4.16. The Hall–Kier alpha value is -2.58. The van der Waals surface area contributed by atoms with Crippen molar-refractivity contribution in [2.45, 2.75) is 51.0 Å². The molecule has 9 heteroatoms. The SMILES string of the molecule is CC[C@H](C)NC(=O)c1cc2n(n1)[C@@H](C(F)(F)F)C[C@H](c1ccc(F)cc1)N2. The number of nitrogens with zero attached hydrogens (tertiary/aromatic N) is 2. The lowest BCUT2D eigenvalue weighted by atomic mass is 9.97. The van der Waals surface area contributed by atoms with Crippen molar-refractivity contribution in [2.24, 2.45) is 0 Å². The van der Waals surface area contributed by atoms with Gasteiger partial charge in [0, 0.05) is 18.5 Å². The fraction of sp³-hybridized carbons (Fsp3) is 0.444. The molecule has 0 bridgehead atoms. The summed E-state index contributed by atoms with van der Waals surface area (Å²) >= 11 is 0. The zero-order valence-electron chi connectivity index (χ0n) is 14.8. The number of carbonyl (C=O) groups is 1. The molecular weight excluding hydrogens is 364 g/mol. The lowest BCUT2D eigenvalue weighted by Gasteiger charge is -2.33. The summed E-state index contributed by atoms with van der Waals surface area (Å²) in [7, 11) is 0. The van der Waals surface area contributed by atoms with Crippen molar-refractivity contribution in [3.05, 3.63) is 47.4 Å². The number of halogens is 4. The molecule has 0 fully saturated rings. The van der Waals surface area contributed by atoms with E-state index in [1.54, 1.807) is 6.92 Å². The second-order valence-corrected chi connectivity index (χ2v) is 6.68. The highest BCUT2D eigenvalue weighted by Gasteiger charge is 2.46. The van der Waals surface area contributed by atoms with Crippen LogP contribution in [0.2, 0.25) is 0 Å². The van der Waals surface area contributed by atoms with Crippen molar-refractivity contribution in [1.29, 1.82) is 0 Å². The second-order valence-electron chi connectivity index (χ2n) is 6.68. The first kappa shape index (κ1) is 19.2. The Morgan fingerprint density at radius 3 is 2.63 bits per heavy atom. The number of nitrogens with one attached hydrogen (secondary N) is 2. The molecule has 2 N–H and O–H groups in total. The summed E-state index contributed by atoms with van der Waals surface area (Å²) in [6.45, 7) is 3.69. The highest BCUT2D eigenvalue weighted by Crippen LogP contribution is 2.43. The Morgan fingerprint density at radius 1 is 1.37 bits per heavy atom. The van der Waals surface area contributed by atoms with E-state index < -0.39 is 30.0 Å². The molecule has 1 aliphatic rings. The Bertz CT molecular complexity index is 816. The van der Waals surface area contributed by atoms with Crippen LogP contribution < -0.4 is 10.6 Å². The standard InChI is InChI=1S/C18H20F4N4O/c1-3-10(2)23-17(27)14-9-16-24-13(11-4-6-12(19)7-5-11)8-15(18(20,21)22)26(16)25-14/h4-7,9-10,13,15,24H,3,8H2,1-2H3,(H,23,27)/t10-,13+,15+/m0/s1.